The number of halogens is 2. The third kappa shape index (κ3) is 3.06. The molecule has 7 heteroatoms. The van der Waals surface area contributed by atoms with Gasteiger partial charge in [0.15, 0.2) is 0 Å². The number of benzene rings is 1. The van der Waals surface area contributed by atoms with Crippen molar-refractivity contribution in [2.24, 2.45) is 5.92 Å². The Morgan fingerprint density at radius 1 is 1.30 bits per heavy atom. The van der Waals surface area contributed by atoms with Gasteiger partial charge in [0.1, 0.15) is 17.7 Å². The Morgan fingerprint density at radius 3 is 2.74 bits per heavy atom. The standard InChI is InChI=1S/C16H18F2N2O2S/c1-19(2)16(22)14-7-23-8-20(14)15(21)12-6-10(12)11-5-9(17)3-4-13(11)18/h3-5,10,12,14H,6-8H2,1-2H3/t10-,12-,14+/m1/s1. The van der Waals surface area contributed by atoms with E-state index < -0.39 is 17.7 Å². The van der Waals surface area contributed by atoms with Crippen LogP contribution in [0.25, 0.3) is 0 Å². The molecule has 3 atom stereocenters. The lowest BCUT2D eigenvalue weighted by molar-refractivity contribution is -0.142. The van der Waals surface area contributed by atoms with Crippen molar-refractivity contribution in [1.82, 2.24) is 9.80 Å². The second kappa shape index (κ2) is 6.11. The summed E-state index contributed by atoms with van der Waals surface area (Å²) in [5.41, 5.74) is 0.255. The van der Waals surface area contributed by atoms with Crippen LogP contribution < -0.4 is 0 Å². The summed E-state index contributed by atoms with van der Waals surface area (Å²) in [6, 6.07) is 2.87. The molecule has 1 aromatic carbocycles. The summed E-state index contributed by atoms with van der Waals surface area (Å²) in [6.07, 6.45) is 0.503. The van der Waals surface area contributed by atoms with Gasteiger partial charge in [-0.2, -0.15) is 0 Å². The van der Waals surface area contributed by atoms with Crippen LogP contribution in [0.15, 0.2) is 18.2 Å². The Bertz CT molecular complexity index is 653. The third-order valence-corrected chi connectivity index (χ3v) is 5.37. The Balaban J connectivity index is 1.73. The lowest BCUT2D eigenvalue weighted by Crippen LogP contribution is -2.47. The number of hydrogen-bond donors (Lipinski definition) is 0. The molecule has 1 aliphatic heterocycles. The van der Waals surface area contributed by atoms with Gasteiger partial charge in [0.05, 0.1) is 5.88 Å². The lowest BCUT2D eigenvalue weighted by atomic mass is 10.1. The van der Waals surface area contributed by atoms with Gasteiger partial charge in [0.25, 0.3) is 0 Å². The van der Waals surface area contributed by atoms with Crippen molar-refractivity contribution >= 4 is 23.6 Å². The van der Waals surface area contributed by atoms with Crippen molar-refractivity contribution in [2.75, 3.05) is 25.7 Å². The van der Waals surface area contributed by atoms with Crippen LogP contribution in [0.4, 0.5) is 8.78 Å². The minimum atomic E-state index is -0.503. The van der Waals surface area contributed by atoms with E-state index in [1.54, 1.807) is 19.0 Å². The molecule has 1 saturated carbocycles. The Morgan fingerprint density at radius 2 is 2.04 bits per heavy atom. The number of nitrogens with zero attached hydrogens (tertiary/aromatic N) is 2. The molecule has 0 unspecified atom stereocenters. The first-order chi connectivity index (χ1) is 10.9. The van der Waals surface area contributed by atoms with Crippen molar-refractivity contribution in [2.45, 2.75) is 18.4 Å². The largest absolute Gasteiger partial charge is 0.347 e. The number of carbonyl (C=O) groups excluding carboxylic acids is 2. The molecule has 23 heavy (non-hydrogen) atoms. The number of hydrogen-bond acceptors (Lipinski definition) is 3. The maximum absolute atomic E-state index is 13.8. The van der Waals surface area contributed by atoms with Gasteiger partial charge in [-0.05, 0) is 36.1 Å². The maximum Gasteiger partial charge on any atom is 0.245 e. The van der Waals surface area contributed by atoms with Crippen LogP contribution in [0, 0.1) is 17.6 Å². The first-order valence-corrected chi connectivity index (χ1v) is 8.60. The average Bonchev–Trinajstić information content (AvgIpc) is 3.15. The van der Waals surface area contributed by atoms with Gasteiger partial charge in [-0.1, -0.05) is 0 Å². The minimum Gasteiger partial charge on any atom is -0.347 e. The molecule has 0 radical (unpaired) electrons. The second-order valence-corrected chi connectivity index (χ2v) is 7.17. The van der Waals surface area contributed by atoms with Gasteiger partial charge in [-0.25, -0.2) is 8.78 Å². The second-order valence-electron chi connectivity index (χ2n) is 6.17. The molecular weight excluding hydrogens is 322 g/mol. The van der Waals surface area contributed by atoms with Crippen molar-refractivity contribution in [3.63, 3.8) is 0 Å². The summed E-state index contributed by atoms with van der Waals surface area (Å²) in [5, 5.41) is 0. The third-order valence-electron chi connectivity index (χ3n) is 4.36. The highest BCUT2D eigenvalue weighted by Crippen LogP contribution is 2.50. The number of carbonyl (C=O) groups is 2. The normalized spacial score (nSPS) is 26.3. The van der Waals surface area contributed by atoms with E-state index in [-0.39, 0.29) is 29.2 Å². The van der Waals surface area contributed by atoms with Crippen LogP contribution in [0.1, 0.15) is 17.9 Å². The predicted octanol–water partition coefficient (Wildman–Crippen LogP) is 2.06. The molecule has 0 bridgehead atoms. The van der Waals surface area contributed by atoms with Crippen LogP contribution in [0.5, 0.6) is 0 Å². The number of thioether (sulfide) groups is 1. The Kier molecular flexibility index (Phi) is 4.31. The van der Waals surface area contributed by atoms with Crippen LogP contribution in [0.2, 0.25) is 0 Å². The molecule has 3 rings (SSSR count). The van der Waals surface area contributed by atoms with E-state index in [1.165, 1.54) is 16.7 Å². The van der Waals surface area contributed by atoms with Crippen LogP contribution in [0.3, 0.4) is 0 Å². The molecule has 2 amide bonds. The molecule has 124 valence electrons. The molecule has 0 aromatic heterocycles. The summed E-state index contributed by atoms with van der Waals surface area (Å²) < 4.78 is 27.1. The fourth-order valence-electron chi connectivity index (χ4n) is 2.99. The van der Waals surface area contributed by atoms with Crippen molar-refractivity contribution in [1.29, 1.82) is 0 Å². The summed E-state index contributed by atoms with van der Waals surface area (Å²) in [7, 11) is 3.33. The van der Waals surface area contributed by atoms with Gasteiger partial charge < -0.3 is 9.80 Å². The van der Waals surface area contributed by atoms with Gasteiger partial charge >= 0.3 is 0 Å². The summed E-state index contributed by atoms with van der Waals surface area (Å²) in [6.45, 7) is 0. The van der Waals surface area contributed by atoms with Crippen molar-refractivity contribution in [3.8, 4) is 0 Å². The van der Waals surface area contributed by atoms with Gasteiger partial charge in [-0.3, -0.25) is 9.59 Å². The number of likely N-dealkylation sites (N-methyl/N-ethyl adjacent to an activating group) is 1. The topological polar surface area (TPSA) is 40.6 Å². The van der Waals surface area contributed by atoms with Gasteiger partial charge in [0.2, 0.25) is 11.8 Å². The highest BCUT2D eigenvalue weighted by atomic mass is 32.2. The Labute approximate surface area is 137 Å². The van der Waals surface area contributed by atoms with E-state index in [0.29, 0.717) is 18.1 Å². The minimum absolute atomic E-state index is 0.0995. The number of amides is 2. The summed E-state index contributed by atoms with van der Waals surface area (Å²) in [4.78, 5) is 27.9. The zero-order valence-electron chi connectivity index (χ0n) is 13.0. The quantitative estimate of drug-likeness (QED) is 0.846. The summed E-state index contributed by atoms with van der Waals surface area (Å²) in [5.74, 6) is -0.824. The lowest BCUT2D eigenvalue weighted by Gasteiger charge is -2.25. The highest BCUT2D eigenvalue weighted by Gasteiger charge is 2.49. The van der Waals surface area contributed by atoms with Crippen LogP contribution in [-0.4, -0.2) is 53.4 Å². The molecule has 1 heterocycles. The van der Waals surface area contributed by atoms with E-state index >= 15 is 0 Å². The summed E-state index contributed by atoms with van der Waals surface area (Å²) >= 11 is 1.54. The first-order valence-electron chi connectivity index (χ1n) is 7.44. The smallest absolute Gasteiger partial charge is 0.245 e. The van der Waals surface area contributed by atoms with Crippen LogP contribution >= 0.6 is 11.8 Å². The van der Waals surface area contributed by atoms with Gasteiger partial charge in [-0.15, -0.1) is 11.8 Å². The SMILES string of the molecule is CN(C)C(=O)[C@@H]1CSCN1C(=O)[C@@H]1C[C@@H]1c1cc(F)ccc1F. The van der Waals surface area contributed by atoms with Gasteiger partial charge in [0, 0.05) is 25.8 Å². The Hall–Kier alpha value is -1.63. The molecule has 0 N–H and O–H groups in total. The molecule has 0 spiro atoms. The molecule has 1 aromatic rings. The zero-order valence-corrected chi connectivity index (χ0v) is 13.8. The molecule has 2 aliphatic rings. The monoisotopic (exact) mass is 340 g/mol. The number of rotatable bonds is 3. The highest BCUT2D eigenvalue weighted by molar-refractivity contribution is 7.99. The fraction of sp³-hybridized carbons (Fsp3) is 0.500. The van der Waals surface area contributed by atoms with E-state index in [4.69, 9.17) is 0 Å². The fourth-order valence-corrected chi connectivity index (χ4v) is 4.14. The van der Waals surface area contributed by atoms with E-state index in [2.05, 4.69) is 0 Å². The molecule has 1 aliphatic carbocycles. The molecule has 4 nitrogen and oxygen atoms in total. The first kappa shape index (κ1) is 16.2. The van der Waals surface area contributed by atoms with E-state index in [1.807, 2.05) is 0 Å². The molecule has 2 fully saturated rings. The van der Waals surface area contributed by atoms with Crippen LogP contribution in [-0.2, 0) is 9.59 Å². The molecular formula is C16H18F2N2O2S. The van der Waals surface area contributed by atoms with Crippen molar-refractivity contribution in [3.05, 3.63) is 35.4 Å². The average molecular weight is 340 g/mol. The predicted molar refractivity (Wildman–Crippen MR) is 83.9 cm³/mol. The molecule has 1 saturated heterocycles. The van der Waals surface area contributed by atoms with Crippen molar-refractivity contribution < 1.29 is 18.4 Å². The zero-order chi connectivity index (χ0) is 16.7. The maximum atomic E-state index is 13.8. The van der Waals surface area contributed by atoms with E-state index in [0.717, 1.165) is 18.2 Å². The van der Waals surface area contributed by atoms with E-state index in [9.17, 15) is 18.4 Å².